The maximum Gasteiger partial charge on any atom is 0.224 e. The lowest BCUT2D eigenvalue weighted by atomic mass is 9.84. The van der Waals surface area contributed by atoms with Crippen LogP contribution in [-0.2, 0) is 20.0 Å². The number of aliphatic hydroxyl groups excluding tert-OH is 1. The molecule has 2 N–H and O–H groups in total. The molecule has 33 heavy (non-hydrogen) atoms. The fourth-order valence-corrected chi connectivity index (χ4v) is 5.16. The minimum absolute atomic E-state index is 0.159. The van der Waals surface area contributed by atoms with Gasteiger partial charge in [-0.3, -0.25) is 4.79 Å². The third-order valence-electron chi connectivity index (χ3n) is 5.95. The number of amides is 1. The molecule has 2 aromatic carbocycles. The van der Waals surface area contributed by atoms with Crippen LogP contribution in [0.2, 0.25) is 0 Å². The van der Waals surface area contributed by atoms with Crippen molar-refractivity contribution in [3.63, 3.8) is 0 Å². The van der Waals surface area contributed by atoms with Crippen molar-refractivity contribution in [1.29, 1.82) is 0 Å². The molecule has 2 unspecified atom stereocenters. The first-order chi connectivity index (χ1) is 15.3. The lowest BCUT2D eigenvalue weighted by Crippen LogP contribution is -2.21. The summed E-state index contributed by atoms with van der Waals surface area (Å²) >= 11 is 0. The van der Waals surface area contributed by atoms with Gasteiger partial charge >= 0.3 is 0 Å². The Morgan fingerprint density at radius 3 is 2.33 bits per heavy atom. The Labute approximate surface area is 199 Å². The molecule has 0 saturated heterocycles. The number of hydrogen-bond donors (Lipinski definition) is 2. The minimum atomic E-state index is -3.40. The smallest absolute Gasteiger partial charge is 0.224 e. The van der Waals surface area contributed by atoms with Gasteiger partial charge in [0.05, 0.1) is 11.0 Å². The van der Waals surface area contributed by atoms with Crippen molar-refractivity contribution < 1.29 is 18.3 Å². The van der Waals surface area contributed by atoms with Gasteiger partial charge in [0.1, 0.15) is 0 Å². The standard InChI is InChI=1S/C27H39NO4S/c1-7-8-9-12-21(22-13-10-11-14-25(22)33(6,31)32)18-26(30)28-24-17-20(19(2)29)15-16-23(24)27(3,4)5/h10-11,13-17,19,21,29H,7-9,12,18H2,1-6H3,(H,28,30). The summed E-state index contributed by atoms with van der Waals surface area (Å²) in [5.41, 5.74) is 2.93. The Kier molecular flexibility index (Phi) is 9.27. The molecule has 182 valence electrons. The van der Waals surface area contributed by atoms with Crippen molar-refractivity contribution in [1.82, 2.24) is 0 Å². The highest BCUT2D eigenvalue weighted by Crippen LogP contribution is 2.34. The first-order valence-corrected chi connectivity index (χ1v) is 13.6. The van der Waals surface area contributed by atoms with Crippen LogP contribution in [0.25, 0.3) is 0 Å². The summed E-state index contributed by atoms with van der Waals surface area (Å²) in [6.45, 7) is 10.1. The van der Waals surface area contributed by atoms with E-state index in [2.05, 4.69) is 33.0 Å². The zero-order chi connectivity index (χ0) is 24.8. The fourth-order valence-electron chi connectivity index (χ4n) is 4.17. The summed E-state index contributed by atoms with van der Waals surface area (Å²) in [6, 6.07) is 12.7. The van der Waals surface area contributed by atoms with E-state index in [1.54, 1.807) is 19.1 Å². The van der Waals surface area contributed by atoms with Crippen LogP contribution < -0.4 is 5.32 Å². The first kappa shape index (κ1) is 27.1. The normalized spacial score (nSPS) is 14.0. The second-order valence-electron chi connectivity index (χ2n) is 9.99. The van der Waals surface area contributed by atoms with Crippen LogP contribution in [0.1, 0.15) is 95.4 Å². The third kappa shape index (κ3) is 7.68. The molecule has 0 bridgehead atoms. The molecule has 0 spiro atoms. The van der Waals surface area contributed by atoms with Crippen LogP contribution in [0.15, 0.2) is 47.4 Å². The molecule has 1 amide bonds. The van der Waals surface area contributed by atoms with Gasteiger partial charge in [0, 0.05) is 18.4 Å². The Hall–Kier alpha value is -2.18. The van der Waals surface area contributed by atoms with E-state index in [1.807, 2.05) is 30.3 Å². The van der Waals surface area contributed by atoms with E-state index >= 15 is 0 Å². The average molecular weight is 474 g/mol. The van der Waals surface area contributed by atoms with Crippen LogP contribution in [0, 0.1) is 0 Å². The van der Waals surface area contributed by atoms with Crippen LogP contribution >= 0.6 is 0 Å². The SMILES string of the molecule is CCCCCC(CC(=O)Nc1cc(C(C)O)ccc1C(C)(C)C)c1ccccc1S(C)(=O)=O. The molecule has 0 aliphatic heterocycles. The number of carbonyl (C=O) groups excluding carboxylic acids is 1. The predicted octanol–water partition coefficient (Wildman–Crippen LogP) is 6.13. The molecule has 0 fully saturated rings. The zero-order valence-corrected chi connectivity index (χ0v) is 21.6. The Morgan fingerprint density at radius 2 is 1.76 bits per heavy atom. The molecule has 6 heteroatoms. The highest BCUT2D eigenvalue weighted by atomic mass is 32.2. The Balaban J connectivity index is 2.38. The molecule has 0 aliphatic carbocycles. The van der Waals surface area contributed by atoms with Crippen molar-refractivity contribution in [2.45, 2.75) is 89.1 Å². The molecular formula is C27H39NO4S. The maximum absolute atomic E-state index is 13.2. The molecule has 0 aliphatic rings. The first-order valence-electron chi connectivity index (χ1n) is 11.8. The van der Waals surface area contributed by atoms with E-state index in [-0.39, 0.29) is 23.7 Å². The quantitative estimate of drug-likeness (QED) is 0.406. The Bertz CT molecular complexity index is 1050. The van der Waals surface area contributed by atoms with Crippen LogP contribution in [0.5, 0.6) is 0 Å². The summed E-state index contributed by atoms with van der Waals surface area (Å²) in [5, 5.41) is 13.1. The van der Waals surface area contributed by atoms with Crippen molar-refractivity contribution >= 4 is 21.4 Å². The van der Waals surface area contributed by atoms with E-state index in [4.69, 9.17) is 0 Å². The van der Waals surface area contributed by atoms with Crippen molar-refractivity contribution in [3.8, 4) is 0 Å². The largest absolute Gasteiger partial charge is 0.389 e. The monoisotopic (exact) mass is 473 g/mol. The number of carbonyl (C=O) groups is 1. The van der Waals surface area contributed by atoms with Crippen LogP contribution in [-0.4, -0.2) is 25.7 Å². The van der Waals surface area contributed by atoms with Crippen molar-refractivity contribution in [2.24, 2.45) is 0 Å². The van der Waals surface area contributed by atoms with Crippen molar-refractivity contribution in [2.75, 3.05) is 11.6 Å². The van der Waals surface area contributed by atoms with Crippen LogP contribution in [0.4, 0.5) is 5.69 Å². The van der Waals surface area contributed by atoms with Gasteiger partial charge in [-0.2, -0.15) is 0 Å². The number of anilines is 1. The van der Waals surface area contributed by atoms with Crippen LogP contribution in [0.3, 0.4) is 0 Å². The highest BCUT2D eigenvalue weighted by Gasteiger charge is 2.25. The number of aliphatic hydroxyl groups is 1. The molecular weight excluding hydrogens is 434 g/mol. The zero-order valence-electron chi connectivity index (χ0n) is 20.8. The highest BCUT2D eigenvalue weighted by molar-refractivity contribution is 7.90. The molecule has 2 atom stereocenters. The van der Waals surface area contributed by atoms with Gasteiger partial charge in [-0.1, -0.05) is 77.3 Å². The molecule has 2 rings (SSSR count). The van der Waals surface area contributed by atoms with Gasteiger partial charge in [-0.25, -0.2) is 8.42 Å². The number of unbranched alkanes of at least 4 members (excludes halogenated alkanes) is 2. The van der Waals surface area contributed by atoms with E-state index in [0.29, 0.717) is 16.1 Å². The molecule has 0 saturated carbocycles. The van der Waals surface area contributed by atoms with Crippen molar-refractivity contribution in [3.05, 3.63) is 59.2 Å². The van der Waals surface area contributed by atoms with Gasteiger partial charge in [0.2, 0.25) is 5.91 Å². The number of sulfone groups is 1. The molecule has 2 aromatic rings. The van der Waals surface area contributed by atoms with Gasteiger partial charge in [-0.15, -0.1) is 0 Å². The summed E-state index contributed by atoms with van der Waals surface area (Å²) in [5.74, 6) is -0.353. The topological polar surface area (TPSA) is 83.5 Å². The average Bonchev–Trinajstić information content (AvgIpc) is 2.71. The number of hydrogen-bond acceptors (Lipinski definition) is 4. The maximum atomic E-state index is 13.2. The van der Waals surface area contributed by atoms with Gasteiger partial charge < -0.3 is 10.4 Å². The number of benzene rings is 2. The van der Waals surface area contributed by atoms with Gasteiger partial charge in [0.15, 0.2) is 9.84 Å². The second kappa shape index (κ2) is 11.3. The summed E-state index contributed by atoms with van der Waals surface area (Å²) in [6.07, 6.45) is 4.52. The minimum Gasteiger partial charge on any atom is -0.389 e. The van der Waals surface area contributed by atoms with Gasteiger partial charge in [0.25, 0.3) is 0 Å². The second-order valence-corrected chi connectivity index (χ2v) is 12.0. The third-order valence-corrected chi connectivity index (χ3v) is 7.13. The summed E-state index contributed by atoms with van der Waals surface area (Å²) in [7, 11) is -3.40. The van der Waals surface area contributed by atoms with Gasteiger partial charge in [-0.05, 0) is 53.5 Å². The van der Waals surface area contributed by atoms with E-state index in [9.17, 15) is 18.3 Å². The summed E-state index contributed by atoms with van der Waals surface area (Å²) < 4.78 is 24.8. The number of rotatable bonds is 10. The lowest BCUT2D eigenvalue weighted by molar-refractivity contribution is -0.116. The lowest BCUT2D eigenvalue weighted by Gasteiger charge is -2.25. The van der Waals surface area contributed by atoms with E-state index in [1.165, 1.54) is 6.26 Å². The van der Waals surface area contributed by atoms with E-state index < -0.39 is 15.9 Å². The molecule has 0 radical (unpaired) electrons. The summed E-state index contributed by atoms with van der Waals surface area (Å²) in [4.78, 5) is 13.5. The predicted molar refractivity (Wildman–Crippen MR) is 135 cm³/mol. The molecule has 0 aromatic heterocycles. The van der Waals surface area contributed by atoms with E-state index in [0.717, 1.165) is 36.8 Å². The fraction of sp³-hybridized carbons (Fsp3) is 0.519. The molecule has 5 nitrogen and oxygen atoms in total. The molecule has 0 heterocycles. The number of nitrogens with one attached hydrogen (secondary N) is 1. The Morgan fingerprint density at radius 1 is 1.09 bits per heavy atom.